The zero-order valence-corrected chi connectivity index (χ0v) is 15.0. The molecule has 1 heterocycles. The number of carbonyl (C=O) groups is 2. The van der Waals surface area contributed by atoms with E-state index in [0.717, 1.165) is 0 Å². The lowest BCUT2D eigenvalue weighted by Gasteiger charge is -2.14. The minimum absolute atomic E-state index is 0.109. The van der Waals surface area contributed by atoms with Gasteiger partial charge in [0, 0.05) is 6.20 Å². The van der Waals surface area contributed by atoms with Crippen molar-refractivity contribution in [2.45, 2.75) is 13.0 Å². The largest absolute Gasteiger partial charge is 0.482 e. The van der Waals surface area contributed by atoms with Gasteiger partial charge in [0.25, 0.3) is 5.91 Å². The van der Waals surface area contributed by atoms with E-state index in [1.165, 1.54) is 19.2 Å². The molecule has 1 N–H and O–H groups in total. The number of aromatic nitrogens is 1. The average molecular weight is 394 g/mol. The van der Waals surface area contributed by atoms with E-state index in [1.54, 1.807) is 24.3 Å². The zero-order valence-electron chi connectivity index (χ0n) is 13.5. The number of carbonyl (C=O) groups excluding carboxylic acids is 2. The van der Waals surface area contributed by atoms with Gasteiger partial charge in [-0.15, -0.1) is 0 Å². The third-order valence-corrected chi connectivity index (χ3v) is 3.56. The van der Waals surface area contributed by atoms with E-state index in [4.69, 9.17) is 37.9 Å². The summed E-state index contributed by atoms with van der Waals surface area (Å²) in [5, 5.41) is 11.6. The van der Waals surface area contributed by atoms with Crippen LogP contribution in [-0.4, -0.2) is 29.6 Å². The number of halogens is 2. The minimum atomic E-state index is -1.08. The molecule has 9 heteroatoms. The predicted octanol–water partition coefficient (Wildman–Crippen LogP) is 3.21. The van der Waals surface area contributed by atoms with Crippen molar-refractivity contribution >= 4 is 40.9 Å². The molecule has 0 spiro atoms. The molecule has 0 unspecified atom stereocenters. The highest BCUT2D eigenvalue weighted by molar-refractivity contribution is 6.36. The Hall–Kier alpha value is -2.82. The normalized spacial score (nSPS) is 11.2. The van der Waals surface area contributed by atoms with Crippen LogP contribution in [0.1, 0.15) is 12.5 Å². The van der Waals surface area contributed by atoms with E-state index in [-0.39, 0.29) is 17.4 Å². The number of benzene rings is 1. The third-order valence-electron chi connectivity index (χ3n) is 3.07. The van der Waals surface area contributed by atoms with Gasteiger partial charge in [0.15, 0.2) is 18.5 Å². The Balaban J connectivity index is 1.83. The maximum atomic E-state index is 12.0. The van der Waals surface area contributed by atoms with Crippen LogP contribution in [0.25, 0.3) is 0 Å². The highest BCUT2D eigenvalue weighted by atomic mass is 35.5. The summed E-state index contributed by atoms with van der Waals surface area (Å²) in [4.78, 5) is 27.7. The molecule has 1 atom stereocenters. The van der Waals surface area contributed by atoms with Crippen LogP contribution in [0.2, 0.25) is 10.0 Å². The van der Waals surface area contributed by atoms with E-state index >= 15 is 0 Å². The first-order valence-electron chi connectivity index (χ1n) is 7.33. The summed E-state index contributed by atoms with van der Waals surface area (Å²) in [6.45, 7) is 1.02. The van der Waals surface area contributed by atoms with Crippen LogP contribution < -0.4 is 10.1 Å². The van der Waals surface area contributed by atoms with E-state index in [0.29, 0.717) is 16.3 Å². The molecule has 0 aliphatic rings. The van der Waals surface area contributed by atoms with Crippen LogP contribution in [0.4, 0.5) is 5.82 Å². The van der Waals surface area contributed by atoms with Gasteiger partial charge in [-0.3, -0.25) is 4.79 Å². The SMILES string of the molecule is C[C@@H](OC(=O)COc1ccc(C#N)cc1)C(=O)Nc1ncc(Cl)cc1Cl. The summed E-state index contributed by atoms with van der Waals surface area (Å²) < 4.78 is 10.2. The van der Waals surface area contributed by atoms with Crippen LogP contribution >= 0.6 is 23.2 Å². The van der Waals surface area contributed by atoms with E-state index in [1.807, 2.05) is 6.07 Å². The second kappa shape index (κ2) is 9.04. The standard InChI is InChI=1S/C17H13Cl2N3O4/c1-10(17(24)22-16-14(19)6-12(18)8-21-16)26-15(23)9-25-13-4-2-11(7-20)3-5-13/h2-6,8,10H,9H2,1H3,(H,21,22,24)/t10-/m1/s1. The van der Waals surface area contributed by atoms with Crippen molar-refractivity contribution in [2.24, 2.45) is 0 Å². The van der Waals surface area contributed by atoms with Crippen molar-refractivity contribution in [3.05, 3.63) is 52.1 Å². The Morgan fingerprint density at radius 3 is 2.62 bits per heavy atom. The number of nitrogens with zero attached hydrogens (tertiary/aromatic N) is 2. The van der Waals surface area contributed by atoms with Crippen molar-refractivity contribution in [1.29, 1.82) is 5.26 Å². The van der Waals surface area contributed by atoms with Crippen LogP contribution in [0, 0.1) is 11.3 Å². The smallest absolute Gasteiger partial charge is 0.344 e. The van der Waals surface area contributed by atoms with Crippen molar-refractivity contribution < 1.29 is 19.1 Å². The zero-order chi connectivity index (χ0) is 19.1. The molecule has 0 aliphatic carbocycles. The second-order valence-electron chi connectivity index (χ2n) is 5.03. The molecule has 0 bridgehead atoms. The molecule has 1 aromatic heterocycles. The maximum absolute atomic E-state index is 12.0. The highest BCUT2D eigenvalue weighted by Gasteiger charge is 2.19. The molecular formula is C17H13Cl2N3O4. The summed E-state index contributed by atoms with van der Waals surface area (Å²) in [5.41, 5.74) is 0.472. The van der Waals surface area contributed by atoms with Gasteiger partial charge in [-0.25, -0.2) is 9.78 Å². The topological polar surface area (TPSA) is 101 Å². The fourth-order valence-corrected chi connectivity index (χ4v) is 2.20. The van der Waals surface area contributed by atoms with Crippen LogP contribution in [0.5, 0.6) is 5.75 Å². The van der Waals surface area contributed by atoms with Gasteiger partial charge in [0.2, 0.25) is 0 Å². The molecule has 7 nitrogen and oxygen atoms in total. The van der Waals surface area contributed by atoms with Crippen molar-refractivity contribution in [1.82, 2.24) is 4.98 Å². The lowest BCUT2D eigenvalue weighted by atomic mass is 10.2. The van der Waals surface area contributed by atoms with Crippen LogP contribution in [-0.2, 0) is 14.3 Å². The molecule has 1 amide bonds. The summed E-state index contributed by atoms with van der Waals surface area (Å²) >= 11 is 11.6. The summed E-state index contributed by atoms with van der Waals surface area (Å²) in [6, 6.07) is 9.61. The van der Waals surface area contributed by atoms with Gasteiger partial charge < -0.3 is 14.8 Å². The fourth-order valence-electron chi connectivity index (χ4n) is 1.78. The number of nitriles is 1. The van der Waals surface area contributed by atoms with Gasteiger partial charge >= 0.3 is 5.97 Å². The second-order valence-corrected chi connectivity index (χ2v) is 5.87. The first-order chi connectivity index (χ1) is 12.4. The number of nitrogens with one attached hydrogen (secondary N) is 1. The Labute approximate surface area is 159 Å². The predicted molar refractivity (Wildman–Crippen MR) is 95.1 cm³/mol. The van der Waals surface area contributed by atoms with E-state index in [9.17, 15) is 9.59 Å². The summed E-state index contributed by atoms with van der Waals surface area (Å²) in [7, 11) is 0. The monoisotopic (exact) mass is 393 g/mol. The lowest BCUT2D eigenvalue weighted by molar-refractivity contribution is -0.155. The van der Waals surface area contributed by atoms with E-state index in [2.05, 4.69) is 10.3 Å². The van der Waals surface area contributed by atoms with Crippen LogP contribution in [0.15, 0.2) is 36.5 Å². The molecule has 134 valence electrons. The van der Waals surface area contributed by atoms with Gasteiger partial charge in [-0.1, -0.05) is 23.2 Å². The Kier molecular flexibility index (Phi) is 6.78. The van der Waals surface area contributed by atoms with Crippen LogP contribution in [0.3, 0.4) is 0 Å². The van der Waals surface area contributed by atoms with Gasteiger partial charge in [-0.05, 0) is 37.3 Å². The quantitative estimate of drug-likeness (QED) is 0.755. The minimum Gasteiger partial charge on any atom is -0.482 e. The molecule has 0 radical (unpaired) electrons. The molecular weight excluding hydrogens is 381 g/mol. The van der Waals surface area contributed by atoms with Crippen molar-refractivity contribution in [2.75, 3.05) is 11.9 Å². The summed E-state index contributed by atoms with van der Waals surface area (Å²) in [6.07, 6.45) is 0.242. The average Bonchev–Trinajstić information content (AvgIpc) is 2.62. The third kappa shape index (κ3) is 5.62. The lowest BCUT2D eigenvalue weighted by Crippen LogP contribution is -2.32. The molecule has 0 fully saturated rings. The molecule has 2 rings (SSSR count). The summed E-state index contributed by atoms with van der Waals surface area (Å²) in [5.74, 6) is -0.825. The maximum Gasteiger partial charge on any atom is 0.344 e. The molecule has 2 aromatic rings. The number of rotatable bonds is 6. The molecule has 26 heavy (non-hydrogen) atoms. The Morgan fingerprint density at radius 1 is 1.31 bits per heavy atom. The molecule has 0 aliphatic heterocycles. The van der Waals surface area contributed by atoms with Gasteiger partial charge in [-0.2, -0.15) is 5.26 Å². The molecule has 1 aromatic carbocycles. The number of amides is 1. The Morgan fingerprint density at radius 2 is 2.00 bits per heavy atom. The number of pyridine rings is 1. The van der Waals surface area contributed by atoms with Gasteiger partial charge in [0.1, 0.15) is 5.75 Å². The van der Waals surface area contributed by atoms with Crippen molar-refractivity contribution in [3.8, 4) is 11.8 Å². The fraction of sp³-hybridized carbons (Fsp3) is 0.176. The van der Waals surface area contributed by atoms with Gasteiger partial charge in [0.05, 0.1) is 21.7 Å². The van der Waals surface area contributed by atoms with Crippen molar-refractivity contribution in [3.63, 3.8) is 0 Å². The number of hydrogen-bond donors (Lipinski definition) is 1. The highest BCUT2D eigenvalue weighted by Crippen LogP contribution is 2.22. The number of ether oxygens (including phenoxy) is 2. The number of esters is 1. The number of anilines is 1. The first-order valence-corrected chi connectivity index (χ1v) is 8.09. The molecule has 0 saturated heterocycles. The Bertz CT molecular complexity index is 850. The first kappa shape index (κ1) is 19.5. The molecule has 0 saturated carbocycles. The van der Waals surface area contributed by atoms with E-state index < -0.39 is 18.0 Å². The number of hydrogen-bond acceptors (Lipinski definition) is 6.